The fourth-order valence-corrected chi connectivity index (χ4v) is 2.53. The van der Waals surface area contributed by atoms with Gasteiger partial charge in [0, 0.05) is 17.2 Å². The summed E-state index contributed by atoms with van der Waals surface area (Å²) >= 11 is 0. The molecule has 1 aliphatic carbocycles. The van der Waals surface area contributed by atoms with Gasteiger partial charge in [0.1, 0.15) is 17.1 Å². The molecule has 0 aliphatic heterocycles. The molecule has 6 nitrogen and oxygen atoms in total. The van der Waals surface area contributed by atoms with Crippen LogP contribution in [0, 0.1) is 6.92 Å². The molecule has 106 valence electrons. The summed E-state index contributed by atoms with van der Waals surface area (Å²) in [4.78, 5) is 36.6. The standard InChI is InChI=1S/C15H10O6/c1-7-6-10(16)11(14(19)21-7)15(20)12(17)8-4-2-3-5-9(8)13(15)18/h2-6,16,20H,1H3. The normalized spacial score (nSPS) is 16.1. The minimum atomic E-state index is -2.75. The van der Waals surface area contributed by atoms with Gasteiger partial charge in [-0.15, -0.1) is 0 Å². The topological polar surface area (TPSA) is 105 Å². The molecule has 2 N–H and O–H groups in total. The third-order valence-corrected chi connectivity index (χ3v) is 3.49. The first-order valence-electron chi connectivity index (χ1n) is 6.12. The molecule has 1 aromatic carbocycles. The summed E-state index contributed by atoms with van der Waals surface area (Å²) in [5, 5.41) is 20.4. The number of ketones is 2. The van der Waals surface area contributed by atoms with E-state index in [9.17, 15) is 24.6 Å². The monoisotopic (exact) mass is 286 g/mol. The van der Waals surface area contributed by atoms with Gasteiger partial charge in [0.15, 0.2) is 0 Å². The number of aromatic hydroxyl groups is 1. The molecule has 6 heteroatoms. The minimum absolute atomic E-state index is 0.00405. The molecule has 0 saturated heterocycles. The lowest BCUT2D eigenvalue weighted by molar-refractivity contribution is 0.0298. The van der Waals surface area contributed by atoms with E-state index in [-0.39, 0.29) is 16.9 Å². The predicted molar refractivity (Wildman–Crippen MR) is 70.4 cm³/mol. The van der Waals surface area contributed by atoms with Crippen molar-refractivity contribution in [3.8, 4) is 5.75 Å². The van der Waals surface area contributed by atoms with Crippen LogP contribution in [0.25, 0.3) is 0 Å². The summed E-state index contributed by atoms with van der Waals surface area (Å²) in [7, 11) is 0. The Morgan fingerprint density at radius 3 is 2.05 bits per heavy atom. The van der Waals surface area contributed by atoms with Gasteiger partial charge in [-0.3, -0.25) is 9.59 Å². The third-order valence-electron chi connectivity index (χ3n) is 3.49. The molecule has 0 radical (unpaired) electrons. The van der Waals surface area contributed by atoms with Crippen molar-refractivity contribution in [2.45, 2.75) is 12.5 Å². The summed E-state index contributed by atoms with van der Waals surface area (Å²) < 4.78 is 4.78. The maximum atomic E-state index is 12.4. The lowest BCUT2D eigenvalue weighted by Crippen LogP contribution is -2.42. The largest absolute Gasteiger partial charge is 0.507 e. The number of carbonyl (C=O) groups is 2. The zero-order valence-corrected chi connectivity index (χ0v) is 10.9. The van der Waals surface area contributed by atoms with Gasteiger partial charge in [-0.2, -0.15) is 0 Å². The van der Waals surface area contributed by atoms with Crippen molar-refractivity contribution in [1.29, 1.82) is 0 Å². The molecule has 1 aromatic heterocycles. The van der Waals surface area contributed by atoms with Crippen LogP contribution < -0.4 is 5.63 Å². The Hall–Kier alpha value is -2.73. The number of hydrogen-bond acceptors (Lipinski definition) is 6. The Morgan fingerprint density at radius 1 is 1.05 bits per heavy atom. The maximum Gasteiger partial charge on any atom is 0.346 e. The second-order valence-electron chi connectivity index (χ2n) is 4.82. The number of hydrogen-bond donors (Lipinski definition) is 2. The summed E-state index contributed by atoms with van der Waals surface area (Å²) in [5.74, 6) is -2.45. The van der Waals surface area contributed by atoms with Crippen LogP contribution >= 0.6 is 0 Å². The van der Waals surface area contributed by atoms with E-state index in [4.69, 9.17) is 4.42 Å². The fraction of sp³-hybridized carbons (Fsp3) is 0.133. The molecule has 0 amide bonds. The summed E-state index contributed by atoms with van der Waals surface area (Å²) in [5.41, 5.74) is -4.61. The van der Waals surface area contributed by atoms with E-state index in [2.05, 4.69) is 0 Å². The molecule has 0 bridgehead atoms. The van der Waals surface area contributed by atoms with E-state index in [1.807, 2.05) is 0 Å². The van der Waals surface area contributed by atoms with Crippen LogP contribution in [0.2, 0.25) is 0 Å². The second kappa shape index (κ2) is 4.13. The molecule has 21 heavy (non-hydrogen) atoms. The zero-order chi connectivity index (χ0) is 15.4. The van der Waals surface area contributed by atoms with Crippen molar-refractivity contribution in [3.63, 3.8) is 0 Å². The zero-order valence-electron chi connectivity index (χ0n) is 10.9. The second-order valence-corrected chi connectivity index (χ2v) is 4.82. The SMILES string of the molecule is Cc1cc(O)c(C2(O)C(=O)c3ccccc3C2=O)c(=O)o1. The molecular formula is C15H10O6. The lowest BCUT2D eigenvalue weighted by atomic mass is 9.89. The minimum Gasteiger partial charge on any atom is -0.507 e. The maximum absolute atomic E-state index is 12.4. The van der Waals surface area contributed by atoms with Crippen LogP contribution in [-0.2, 0) is 5.60 Å². The van der Waals surface area contributed by atoms with E-state index >= 15 is 0 Å². The van der Waals surface area contributed by atoms with Gasteiger partial charge in [0.05, 0.1) is 0 Å². The van der Waals surface area contributed by atoms with E-state index in [0.29, 0.717) is 0 Å². The average Bonchev–Trinajstić information content (AvgIpc) is 2.61. The number of aryl methyl sites for hydroxylation is 1. The van der Waals surface area contributed by atoms with Crippen LogP contribution in [-0.4, -0.2) is 21.8 Å². The Kier molecular flexibility index (Phi) is 2.61. The average molecular weight is 286 g/mol. The molecule has 1 aliphatic rings. The Balaban J connectivity index is 2.32. The highest BCUT2D eigenvalue weighted by atomic mass is 16.4. The van der Waals surface area contributed by atoms with Crippen molar-refractivity contribution < 1.29 is 24.2 Å². The highest BCUT2D eigenvalue weighted by Crippen LogP contribution is 2.39. The summed E-state index contributed by atoms with van der Waals surface area (Å²) in [6.45, 7) is 1.42. The van der Waals surface area contributed by atoms with Gasteiger partial charge in [-0.1, -0.05) is 24.3 Å². The Labute approximate surface area is 118 Å². The number of rotatable bonds is 1. The highest BCUT2D eigenvalue weighted by molar-refractivity contribution is 6.32. The van der Waals surface area contributed by atoms with Crippen LogP contribution in [0.5, 0.6) is 5.75 Å². The van der Waals surface area contributed by atoms with Crippen molar-refractivity contribution in [1.82, 2.24) is 0 Å². The molecule has 0 unspecified atom stereocenters. The van der Waals surface area contributed by atoms with Gasteiger partial charge in [0.2, 0.25) is 17.2 Å². The van der Waals surface area contributed by atoms with Crippen molar-refractivity contribution in [2.75, 3.05) is 0 Å². The van der Waals surface area contributed by atoms with Crippen LogP contribution in [0.1, 0.15) is 32.0 Å². The highest BCUT2D eigenvalue weighted by Gasteiger charge is 2.56. The predicted octanol–water partition coefficient (Wildman–Crippen LogP) is 0.921. The van der Waals surface area contributed by atoms with Gasteiger partial charge < -0.3 is 14.6 Å². The van der Waals surface area contributed by atoms with Crippen LogP contribution in [0.15, 0.2) is 39.5 Å². The number of aliphatic hydroxyl groups is 1. The van der Waals surface area contributed by atoms with Crippen molar-refractivity contribution in [2.24, 2.45) is 0 Å². The molecular weight excluding hydrogens is 276 g/mol. The van der Waals surface area contributed by atoms with Gasteiger partial charge >= 0.3 is 5.63 Å². The van der Waals surface area contributed by atoms with Gasteiger partial charge in [0.25, 0.3) is 0 Å². The molecule has 0 saturated carbocycles. The summed E-state index contributed by atoms with van der Waals surface area (Å²) in [6, 6.07) is 6.89. The fourth-order valence-electron chi connectivity index (χ4n) is 2.53. The molecule has 3 rings (SSSR count). The van der Waals surface area contributed by atoms with Gasteiger partial charge in [-0.25, -0.2) is 4.79 Å². The van der Waals surface area contributed by atoms with Crippen molar-refractivity contribution >= 4 is 11.6 Å². The summed E-state index contributed by atoms with van der Waals surface area (Å²) in [6.07, 6.45) is 0. The molecule has 0 spiro atoms. The third kappa shape index (κ3) is 1.59. The molecule has 2 aromatic rings. The quantitative estimate of drug-likeness (QED) is 0.755. The molecule has 0 atom stereocenters. The van der Waals surface area contributed by atoms with Crippen LogP contribution in [0.3, 0.4) is 0 Å². The number of benzene rings is 1. The van der Waals surface area contributed by atoms with Crippen molar-refractivity contribution in [3.05, 3.63) is 63.2 Å². The first-order valence-corrected chi connectivity index (χ1v) is 6.12. The smallest absolute Gasteiger partial charge is 0.346 e. The number of fused-ring (bicyclic) bond motifs is 1. The van der Waals surface area contributed by atoms with E-state index in [0.717, 1.165) is 6.07 Å². The number of carbonyl (C=O) groups excluding carboxylic acids is 2. The van der Waals surface area contributed by atoms with Crippen LogP contribution in [0.4, 0.5) is 0 Å². The lowest BCUT2D eigenvalue weighted by Gasteiger charge is -2.18. The van der Waals surface area contributed by atoms with E-state index in [1.54, 1.807) is 0 Å². The molecule has 1 heterocycles. The van der Waals surface area contributed by atoms with E-state index in [1.165, 1.54) is 31.2 Å². The Bertz CT molecular complexity index is 810. The first kappa shape index (κ1) is 13.3. The first-order chi connectivity index (χ1) is 9.87. The molecule has 0 fully saturated rings. The Morgan fingerprint density at radius 2 is 1.57 bits per heavy atom. The number of Topliss-reactive ketones (excluding diaryl/α,β-unsaturated/α-hetero) is 2. The van der Waals surface area contributed by atoms with Gasteiger partial charge in [-0.05, 0) is 6.92 Å². The van der Waals surface area contributed by atoms with E-state index < -0.39 is 34.1 Å².